The molecule has 1 aliphatic rings. The minimum atomic E-state index is -0.711. The molecule has 0 aromatic heterocycles. The number of hydrogen-bond acceptors (Lipinski definition) is 3. The topological polar surface area (TPSA) is 77.5 Å². The number of carbonyl (C=O) groups excluding carboxylic acids is 1. The second kappa shape index (κ2) is 10.3. The predicted octanol–water partition coefficient (Wildman–Crippen LogP) is 4.04. The van der Waals surface area contributed by atoms with E-state index in [1.165, 1.54) is 24.3 Å². The molecule has 6 nitrogen and oxygen atoms in total. The van der Waals surface area contributed by atoms with Crippen molar-refractivity contribution in [1.82, 2.24) is 21.5 Å². The van der Waals surface area contributed by atoms with Crippen LogP contribution in [0, 0.1) is 23.4 Å². The van der Waals surface area contributed by atoms with E-state index >= 15 is 0 Å². The fraction of sp³-hybridized carbons (Fsp3) is 0.364. The first kappa shape index (κ1) is 24.0. The highest BCUT2D eigenvalue weighted by Crippen LogP contribution is 2.23. The molecule has 3 unspecified atom stereocenters. The number of amides is 1. The van der Waals surface area contributed by atoms with E-state index in [1.807, 2.05) is 20.8 Å². The summed E-state index contributed by atoms with van der Waals surface area (Å²) in [6.45, 7) is 5.96. The molecular weight excluding hydrogens is 443 g/mol. The van der Waals surface area contributed by atoms with Crippen LogP contribution in [0.25, 0.3) is 0 Å². The summed E-state index contributed by atoms with van der Waals surface area (Å²) in [7, 11) is 0. The van der Waals surface area contributed by atoms with Crippen LogP contribution in [0.3, 0.4) is 0 Å². The van der Waals surface area contributed by atoms with Gasteiger partial charge in [-0.2, -0.15) is 4.99 Å². The van der Waals surface area contributed by atoms with Gasteiger partial charge >= 0.3 is 0 Å². The predicted molar refractivity (Wildman–Crippen MR) is 118 cm³/mol. The molecule has 32 heavy (non-hydrogen) atoms. The smallest absolute Gasteiger partial charge is 0.280 e. The van der Waals surface area contributed by atoms with Crippen molar-refractivity contribution in [3.63, 3.8) is 0 Å². The standard InChI is InChI=1S/C22H25ClF3N5O/c1-11(2)12(3)27-22(29-21(32)13-4-5-17(23)18(26)8-13)28-20-10-19(30-31-20)14-6-15(24)9-16(25)7-14/h4-9,11-12,19-20,30-31H,10H2,1-3H3,(H2,27,28,29,32). The zero-order chi connectivity index (χ0) is 23.4. The molecule has 1 saturated heterocycles. The Labute approximate surface area is 189 Å². The number of aliphatic imine (C=N–C) groups is 1. The van der Waals surface area contributed by atoms with Crippen LogP contribution in [0.1, 0.15) is 49.2 Å². The molecule has 172 valence electrons. The van der Waals surface area contributed by atoms with Gasteiger partial charge < -0.3 is 10.6 Å². The number of carbonyl (C=O) groups is 1. The van der Waals surface area contributed by atoms with Crippen molar-refractivity contribution in [2.75, 3.05) is 0 Å². The summed E-state index contributed by atoms with van der Waals surface area (Å²) in [5.41, 5.74) is 6.48. The first-order chi connectivity index (χ1) is 15.1. The van der Waals surface area contributed by atoms with E-state index < -0.39 is 29.5 Å². The van der Waals surface area contributed by atoms with E-state index in [-0.39, 0.29) is 34.5 Å². The number of halogens is 4. The fourth-order valence-electron chi connectivity index (χ4n) is 3.09. The van der Waals surface area contributed by atoms with E-state index in [1.54, 1.807) is 0 Å². The summed E-state index contributed by atoms with van der Waals surface area (Å²) in [6.07, 6.45) is 0.0235. The Kier molecular flexibility index (Phi) is 7.76. The molecule has 0 radical (unpaired) electrons. The summed E-state index contributed by atoms with van der Waals surface area (Å²) < 4.78 is 40.9. The molecule has 1 heterocycles. The third-order valence-electron chi connectivity index (χ3n) is 5.25. The lowest BCUT2D eigenvalue weighted by Gasteiger charge is -2.23. The van der Waals surface area contributed by atoms with Crippen molar-refractivity contribution >= 4 is 23.5 Å². The highest BCUT2D eigenvalue weighted by atomic mass is 35.5. The van der Waals surface area contributed by atoms with Crippen molar-refractivity contribution < 1.29 is 18.0 Å². The molecule has 2 aromatic rings. The minimum absolute atomic E-state index is 0.0292. The Morgan fingerprint density at radius 3 is 2.41 bits per heavy atom. The summed E-state index contributed by atoms with van der Waals surface area (Å²) in [6, 6.07) is 6.67. The first-order valence-corrected chi connectivity index (χ1v) is 10.6. The van der Waals surface area contributed by atoms with Crippen LogP contribution in [0.5, 0.6) is 0 Å². The van der Waals surface area contributed by atoms with E-state index in [2.05, 4.69) is 26.5 Å². The molecule has 4 N–H and O–H groups in total. The van der Waals surface area contributed by atoms with Gasteiger partial charge in [-0.3, -0.25) is 4.79 Å². The van der Waals surface area contributed by atoms with Crippen LogP contribution >= 0.6 is 11.6 Å². The van der Waals surface area contributed by atoms with Crippen molar-refractivity contribution in [3.8, 4) is 0 Å². The molecule has 1 fully saturated rings. The van der Waals surface area contributed by atoms with Gasteiger partial charge in [0.1, 0.15) is 17.5 Å². The number of hydrogen-bond donors (Lipinski definition) is 4. The maximum absolute atomic E-state index is 13.7. The number of guanidine groups is 1. The van der Waals surface area contributed by atoms with Crippen LogP contribution in [0.2, 0.25) is 5.02 Å². The largest absolute Gasteiger partial charge is 0.353 e. The average molecular weight is 468 g/mol. The average Bonchev–Trinajstić information content (AvgIpc) is 3.17. The first-order valence-electron chi connectivity index (χ1n) is 10.2. The SMILES string of the molecule is CC(C)C(C)N/C(=N/C(=O)c1ccc(Cl)c(F)c1)NC1CC(c2cc(F)cc(F)c2)NN1. The van der Waals surface area contributed by atoms with E-state index in [0.717, 1.165) is 12.1 Å². The van der Waals surface area contributed by atoms with Gasteiger partial charge in [0.05, 0.1) is 11.2 Å². The van der Waals surface area contributed by atoms with Gasteiger partial charge in [0.15, 0.2) is 0 Å². The van der Waals surface area contributed by atoms with Gasteiger partial charge in [-0.25, -0.2) is 24.0 Å². The van der Waals surface area contributed by atoms with Crippen molar-refractivity contribution in [2.45, 2.75) is 45.4 Å². The minimum Gasteiger partial charge on any atom is -0.353 e. The van der Waals surface area contributed by atoms with Gasteiger partial charge in [0.2, 0.25) is 5.96 Å². The number of hydrazine groups is 1. The van der Waals surface area contributed by atoms with Crippen LogP contribution < -0.4 is 21.5 Å². The van der Waals surface area contributed by atoms with Crippen molar-refractivity contribution in [3.05, 3.63) is 70.0 Å². The van der Waals surface area contributed by atoms with Gasteiger partial charge in [-0.1, -0.05) is 25.4 Å². The van der Waals surface area contributed by atoms with Gasteiger partial charge in [0.25, 0.3) is 5.91 Å². The highest BCUT2D eigenvalue weighted by Gasteiger charge is 2.27. The number of benzene rings is 2. The zero-order valence-electron chi connectivity index (χ0n) is 17.8. The quantitative estimate of drug-likeness (QED) is 0.394. The van der Waals surface area contributed by atoms with Gasteiger partial charge in [-0.15, -0.1) is 0 Å². The normalized spacial score (nSPS) is 19.8. The van der Waals surface area contributed by atoms with Crippen molar-refractivity contribution in [2.24, 2.45) is 10.9 Å². The molecule has 3 atom stereocenters. The van der Waals surface area contributed by atoms with Crippen LogP contribution in [0.4, 0.5) is 13.2 Å². The van der Waals surface area contributed by atoms with Crippen LogP contribution in [-0.2, 0) is 0 Å². The van der Waals surface area contributed by atoms with Crippen molar-refractivity contribution in [1.29, 1.82) is 0 Å². The lowest BCUT2D eigenvalue weighted by atomic mass is 10.0. The van der Waals surface area contributed by atoms with Crippen LogP contribution in [-0.4, -0.2) is 24.1 Å². The maximum Gasteiger partial charge on any atom is 0.280 e. The molecule has 2 aromatic carbocycles. The monoisotopic (exact) mass is 467 g/mol. The summed E-state index contributed by atoms with van der Waals surface area (Å²) >= 11 is 5.68. The molecule has 0 saturated carbocycles. The van der Waals surface area contributed by atoms with E-state index in [4.69, 9.17) is 11.6 Å². The van der Waals surface area contributed by atoms with E-state index in [0.29, 0.717) is 12.0 Å². The second-order valence-corrected chi connectivity index (χ2v) is 8.46. The molecule has 1 aliphatic heterocycles. The number of nitrogens with one attached hydrogen (secondary N) is 4. The summed E-state index contributed by atoms with van der Waals surface area (Å²) in [4.78, 5) is 16.7. The lowest BCUT2D eigenvalue weighted by molar-refractivity contribution is 0.100. The molecule has 0 aliphatic carbocycles. The fourth-order valence-corrected chi connectivity index (χ4v) is 3.21. The Hall–Kier alpha value is -2.62. The zero-order valence-corrected chi connectivity index (χ0v) is 18.6. The lowest BCUT2D eigenvalue weighted by Crippen LogP contribution is -2.52. The molecule has 10 heteroatoms. The Morgan fingerprint density at radius 2 is 1.78 bits per heavy atom. The third-order valence-corrected chi connectivity index (χ3v) is 5.55. The molecule has 3 rings (SSSR count). The highest BCUT2D eigenvalue weighted by molar-refractivity contribution is 6.30. The third kappa shape index (κ3) is 6.21. The Morgan fingerprint density at radius 1 is 1.09 bits per heavy atom. The number of rotatable bonds is 5. The molecule has 0 bridgehead atoms. The van der Waals surface area contributed by atoms with Gasteiger partial charge in [0, 0.05) is 30.1 Å². The molecular formula is C22H25ClF3N5O. The van der Waals surface area contributed by atoms with Crippen LogP contribution in [0.15, 0.2) is 41.4 Å². The summed E-state index contributed by atoms with van der Waals surface area (Å²) in [5, 5.41) is 6.16. The second-order valence-electron chi connectivity index (χ2n) is 8.05. The summed E-state index contributed by atoms with van der Waals surface area (Å²) in [5.74, 6) is -2.25. The molecule has 1 amide bonds. The van der Waals surface area contributed by atoms with E-state index in [9.17, 15) is 18.0 Å². The Bertz CT molecular complexity index is 997. The van der Waals surface area contributed by atoms with Gasteiger partial charge in [-0.05, 0) is 48.7 Å². The Balaban J connectivity index is 1.76. The molecule has 0 spiro atoms. The maximum atomic E-state index is 13.7. The number of nitrogens with zero attached hydrogens (tertiary/aromatic N) is 1.